The topological polar surface area (TPSA) is 52.6 Å². The molecule has 5 heteroatoms. The Hall–Kier alpha value is -0.910. The van der Waals surface area contributed by atoms with Crippen LogP contribution in [0.5, 0.6) is 0 Å². The number of thiophene rings is 1. The average molecular weight is 294 g/mol. The fourth-order valence-corrected chi connectivity index (χ4v) is 4.50. The van der Waals surface area contributed by atoms with Crippen LogP contribution in [0.1, 0.15) is 40.9 Å². The number of hydrogen-bond donors (Lipinski definition) is 2. The van der Waals surface area contributed by atoms with Crippen LogP contribution in [-0.2, 0) is 6.54 Å². The molecule has 0 saturated carbocycles. The molecule has 3 rings (SSSR count). The van der Waals surface area contributed by atoms with E-state index in [4.69, 9.17) is 5.11 Å². The Morgan fingerprint density at radius 2 is 2.15 bits per heavy atom. The lowest BCUT2D eigenvalue weighted by atomic mass is 9.91. The minimum atomic E-state index is -0.834. The zero-order valence-electron chi connectivity index (χ0n) is 11.8. The van der Waals surface area contributed by atoms with Crippen molar-refractivity contribution in [2.24, 2.45) is 5.92 Å². The molecule has 0 radical (unpaired) electrons. The third-order valence-electron chi connectivity index (χ3n) is 4.83. The van der Waals surface area contributed by atoms with Gasteiger partial charge in [0.25, 0.3) is 0 Å². The van der Waals surface area contributed by atoms with Crippen molar-refractivity contribution in [3.63, 3.8) is 0 Å². The van der Waals surface area contributed by atoms with Gasteiger partial charge in [-0.05, 0) is 51.3 Å². The Morgan fingerprint density at radius 1 is 1.45 bits per heavy atom. The lowest BCUT2D eigenvalue weighted by Gasteiger charge is -2.36. The molecule has 2 aliphatic rings. The van der Waals surface area contributed by atoms with Gasteiger partial charge < -0.3 is 15.3 Å². The molecule has 2 saturated heterocycles. The Labute approximate surface area is 123 Å². The molecular weight excluding hydrogens is 272 g/mol. The van der Waals surface area contributed by atoms with Crippen molar-refractivity contribution in [1.29, 1.82) is 0 Å². The summed E-state index contributed by atoms with van der Waals surface area (Å²) in [5.74, 6) is -0.0537. The van der Waals surface area contributed by atoms with Crippen LogP contribution in [0, 0.1) is 5.92 Å². The van der Waals surface area contributed by atoms with Crippen LogP contribution in [0.25, 0.3) is 0 Å². The van der Waals surface area contributed by atoms with Crippen molar-refractivity contribution in [2.45, 2.75) is 44.3 Å². The van der Waals surface area contributed by atoms with Crippen LogP contribution in [0.15, 0.2) is 11.4 Å². The average Bonchev–Trinajstić information content (AvgIpc) is 2.93. The highest BCUT2D eigenvalue weighted by atomic mass is 32.1. The van der Waals surface area contributed by atoms with E-state index in [1.165, 1.54) is 37.0 Å². The van der Waals surface area contributed by atoms with Crippen LogP contribution in [0.3, 0.4) is 0 Å². The van der Waals surface area contributed by atoms with Crippen molar-refractivity contribution >= 4 is 17.3 Å². The number of hydrogen-bond acceptors (Lipinski definition) is 4. The standard InChI is InChI=1S/C15H22N2O2S/c1-17-12-2-3-13(17)5-10(4-12)7-16-8-14-6-11(9-20-14)15(18)19/h6,9-10,12-13,16H,2-5,7-8H2,1H3,(H,18,19). The Bertz CT molecular complexity index is 474. The molecule has 0 aromatic carbocycles. The number of carboxylic acid groups (broad SMARTS) is 1. The Morgan fingerprint density at radius 3 is 2.75 bits per heavy atom. The van der Waals surface area contributed by atoms with Crippen LogP contribution >= 0.6 is 11.3 Å². The molecule has 2 unspecified atom stereocenters. The van der Waals surface area contributed by atoms with Gasteiger partial charge in [0.15, 0.2) is 0 Å². The predicted octanol–water partition coefficient (Wildman–Crippen LogP) is 2.41. The monoisotopic (exact) mass is 294 g/mol. The summed E-state index contributed by atoms with van der Waals surface area (Å²) in [6, 6.07) is 3.36. The molecule has 1 aromatic heterocycles. The first-order valence-electron chi connectivity index (χ1n) is 7.37. The molecule has 4 nitrogen and oxygen atoms in total. The second-order valence-electron chi connectivity index (χ2n) is 6.13. The van der Waals surface area contributed by atoms with Crippen molar-refractivity contribution < 1.29 is 9.90 Å². The Balaban J connectivity index is 1.45. The number of carboxylic acids is 1. The molecule has 3 heterocycles. The summed E-state index contributed by atoms with van der Waals surface area (Å²) in [7, 11) is 2.27. The van der Waals surface area contributed by atoms with E-state index in [1.807, 2.05) is 0 Å². The summed E-state index contributed by atoms with van der Waals surface area (Å²) < 4.78 is 0. The molecule has 0 amide bonds. The highest BCUT2D eigenvalue weighted by Crippen LogP contribution is 2.37. The van der Waals surface area contributed by atoms with Crippen molar-refractivity contribution in [1.82, 2.24) is 10.2 Å². The first kappa shape index (κ1) is 14.0. The van der Waals surface area contributed by atoms with Crippen molar-refractivity contribution in [2.75, 3.05) is 13.6 Å². The smallest absolute Gasteiger partial charge is 0.336 e. The van der Waals surface area contributed by atoms with Crippen LogP contribution < -0.4 is 5.32 Å². The van der Waals surface area contributed by atoms with E-state index in [0.29, 0.717) is 5.56 Å². The van der Waals surface area contributed by atoms with Gasteiger partial charge >= 0.3 is 5.97 Å². The quantitative estimate of drug-likeness (QED) is 0.875. The summed E-state index contributed by atoms with van der Waals surface area (Å²) in [5, 5.41) is 14.1. The second kappa shape index (κ2) is 5.84. The normalized spacial score (nSPS) is 29.8. The third-order valence-corrected chi connectivity index (χ3v) is 5.77. The summed E-state index contributed by atoms with van der Waals surface area (Å²) in [6.07, 6.45) is 5.35. The second-order valence-corrected chi connectivity index (χ2v) is 7.12. The first-order valence-corrected chi connectivity index (χ1v) is 8.25. The maximum absolute atomic E-state index is 10.8. The molecule has 2 fully saturated rings. The number of nitrogens with zero attached hydrogens (tertiary/aromatic N) is 1. The van der Waals surface area contributed by atoms with Crippen LogP contribution in [0.4, 0.5) is 0 Å². The lowest BCUT2D eigenvalue weighted by Crippen LogP contribution is -2.42. The number of fused-ring (bicyclic) bond motifs is 2. The minimum Gasteiger partial charge on any atom is -0.478 e. The maximum Gasteiger partial charge on any atom is 0.336 e. The molecule has 2 N–H and O–H groups in total. The molecule has 0 aliphatic carbocycles. The van der Waals surface area contributed by atoms with Gasteiger partial charge in [-0.2, -0.15) is 0 Å². The zero-order chi connectivity index (χ0) is 14.1. The molecular formula is C15H22N2O2S. The van der Waals surface area contributed by atoms with E-state index >= 15 is 0 Å². The van der Waals surface area contributed by atoms with Gasteiger partial charge in [0.2, 0.25) is 0 Å². The molecule has 2 atom stereocenters. The number of nitrogens with one attached hydrogen (secondary N) is 1. The summed E-state index contributed by atoms with van der Waals surface area (Å²) in [5.41, 5.74) is 0.407. The minimum absolute atomic E-state index is 0.407. The van der Waals surface area contributed by atoms with Crippen LogP contribution in [-0.4, -0.2) is 41.7 Å². The summed E-state index contributed by atoms with van der Waals surface area (Å²) in [4.78, 5) is 14.5. The maximum atomic E-state index is 10.8. The SMILES string of the molecule is CN1C2CCC1CC(CNCc1cc(C(=O)O)cs1)C2. The number of carbonyl (C=O) groups is 1. The molecule has 0 spiro atoms. The van der Waals surface area contributed by atoms with Gasteiger partial charge in [0.05, 0.1) is 5.56 Å². The fraction of sp³-hybridized carbons (Fsp3) is 0.667. The third kappa shape index (κ3) is 2.90. The zero-order valence-corrected chi connectivity index (χ0v) is 12.7. The summed E-state index contributed by atoms with van der Waals surface area (Å²) >= 11 is 1.53. The van der Waals surface area contributed by atoms with Gasteiger partial charge in [-0.3, -0.25) is 0 Å². The van der Waals surface area contributed by atoms with Gasteiger partial charge in [0.1, 0.15) is 0 Å². The Kier molecular flexibility index (Phi) is 4.10. The number of piperidine rings is 1. The highest BCUT2D eigenvalue weighted by Gasteiger charge is 2.37. The summed E-state index contributed by atoms with van der Waals surface area (Å²) in [6.45, 7) is 1.85. The first-order chi connectivity index (χ1) is 9.63. The van der Waals surface area contributed by atoms with E-state index < -0.39 is 5.97 Å². The van der Waals surface area contributed by atoms with Gasteiger partial charge in [-0.1, -0.05) is 0 Å². The van der Waals surface area contributed by atoms with E-state index in [1.54, 1.807) is 11.4 Å². The van der Waals surface area contributed by atoms with E-state index in [0.717, 1.165) is 36.0 Å². The largest absolute Gasteiger partial charge is 0.478 e. The van der Waals surface area contributed by atoms with Crippen molar-refractivity contribution in [3.8, 4) is 0 Å². The molecule has 2 bridgehead atoms. The van der Waals surface area contributed by atoms with Gasteiger partial charge in [0, 0.05) is 28.9 Å². The van der Waals surface area contributed by atoms with E-state index in [2.05, 4.69) is 17.3 Å². The molecule has 1 aromatic rings. The molecule has 2 aliphatic heterocycles. The van der Waals surface area contributed by atoms with E-state index in [9.17, 15) is 4.79 Å². The fourth-order valence-electron chi connectivity index (χ4n) is 3.68. The number of aromatic carboxylic acids is 1. The number of rotatable bonds is 5. The van der Waals surface area contributed by atoms with Crippen molar-refractivity contribution in [3.05, 3.63) is 21.9 Å². The predicted molar refractivity (Wildman–Crippen MR) is 80.3 cm³/mol. The molecule has 110 valence electrons. The highest BCUT2D eigenvalue weighted by molar-refractivity contribution is 7.10. The molecule has 20 heavy (non-hydrogen) atoms. The van der Waals surface area contributed by atoms with Crippen LogP contribution in [0.2, 0.25) is 0 Å². The van der Waals surface area contributed by atoms with Gasteiger partial charge in [-0.25, -0.2) is 4.79 Å². The van der Waals surface area contributed by atoms with Gasteiger partial charge in [-0.15, -0.1) is 11.3 Å². The van der Waals surface area contributed by atoms with E-state index in [-0.39, 0.29) is 0 Å². The lowest BCUT2D eigenvalue weighted by molar-refractivity contribution is 0.0697.